The highest BCUT2D eigenvalue weighted by Crippen LogP contribution is 2.54. The van der Waals surface area contributed by atoms with Crippen LogP contribution in [0.2, 0.25) is 0 Å². The summed E-state index contributed by atoms with van der Waals surface area (Å²) in [6.07, 6.45) is 0. The number of aromatic hydroxyl groups is 1. The summed E-state index contributed by atoms with van der Waals surface area (Å²) < 4.78 is 5.38. The first kappa shape index (κ1) is 15.8. The molecule has 0 aromatic heterocycles. The van der Waals surface area contributed by atoms with Gasteiger partial charge in [0.05, 0.1) is 7.11 Å². The number of methoxy groups -OCH3 is 1. The predicted octanol–water partition coefficient (Wildman–Crippen LogP) is 5.31. The molecule has 0 heterocycles. The van der Waals surface area contributed by atoms with Crippen LogP contribution < -0.4 is 4.74 Å². The van der Waals surface area contributed by atoms with E-state index in [-0.39, 0.29) is 17.6 Å². The molecule has 0 bridgehead atoms. The molecule has 0 radical (unpaired) electrons. The summed E-state index contributed by atoms with van der Waals surface area (Å²) in [6, 6.07) is 25.1. The maximum Gasteiger partial charge on any atom is 0.160 e. The third kappa shape index (κ3) is 2.58. The normalized spacial score (nSPS) is 21.8. The fraction of sp³-hybridized carbons (Fsp3) is 0.217. The van der Waals surface area contributed by atoms with Crippen molar-refractivity contribution in [2.24, 2.45) is 5.92 Å². The molecule has 4 rings (SSSR count). The molecule has 0 spiro atoms. The number of hydrogen-bond donors (Lipinski definition) is 1. The Labute approximate surface area is 148 Å². The van der Waals surface area contributed by atoms with Gasteiger partial charge in [-0.15, -0.1) is 0 Å². The first-order valence-electron chi connectivity index (χ1n) is 8.71. The first-order valence-corrected chi connectivity index (χ1v) is 8.71. The van der Waals surface area contributed by atoms with Crippen molar-refractivity contribution < 1.29 is 9.84 Å². The SMILES string of the molecule is COc1cc2c(cc1O)[C@H](c1ccccc1)[C@@H](C)[C@H]2c1ccccc1. The van der Waals surface area contributed by atoms with Crippen molar-refractivity contribution in [3.63, 3.8) is 0 Å². The van der Waals surface area contributed by atoms with E-state index in [2.05, 4.69) is 61.5 Å². The minimum absolute atomic E-state index is 0.211. The second kappa shape index (κ2) is 6.29. The average Bonchev–Trinajstić information content (AvgIpc) is 2.93. The standard InChI is InChI=1S/C23H22O2/c1-15-22(16-9-5-3-6-10-16)18-13-20(24)21(25-2)14-19(18)23(15)17-11-7-4-8-12-17/h3-15,22-24H,1-2H3/t15-,22+,23+/m1/s1. The van der Waals surface area contributed by atoms with Gasteiger partial charge in [0, 0.05) is 11.8 Å². The number of hydrogen-bond acceptors (Lipinski definition) is 2. The monoisotopic (exact) mass is 330 g/mol. The summed E-state index contributed by atoms with van der Waals surface area (Å²) in [7, 11) is 1.60. The zero-order valence-electron chi connectivity index (χ0n) is 14.5. The molecule has 0 aliphatic heterocycles. The molecule has 1 aliphatic carbocycles. The number of rotatable bonds is 3. The zero-order chi connectivity index (χ0) is 17.4. The van der Waals surface area contributed by atoms with Crippen LogP contribution >= 0.6 is 0 Å². The van der Waals surface area contributed by atoms with Crippen LogP contribution in [0, 0.1) is 5.92 Å². The minimum atomic E-state index is 0.211. The van der Waals surface area contributed by atoms with Crippen LogP contribution in [0.3, 0.4) is 0 Å². The van der Waals surface area contributed by atoms with Gasteiger partial charge in [-0.05, 0) is 40.3 Å². The fourth-order valence-corrected chi connectivity index (χ4v) is 4.35. The van der Waals surface area contributed by atoms with Crippen LogP contribution in [0.25, 0.3) is 0 Å². The summed E-state index contributed by atoms with van der Waals surface area (Å²) in [6.45, 7) is 2.30. The summed E-state index contributed by atoms with van der Waals surface area (Å²) in [5, 5.41) is 10.4. The van der Waals surface area contributed by atoms with Crippen molar-refractivity contribution >= 4 is 0 Å². The van der Waals surface area contributed by atoms with Gasteiger partial charge < -0.3 is 9.84 Å². The largest absolute Gasteiger partial charge is 0.504 e. The number of fused-ring (bicyclic) bond motifs is 1. The van der Waals surface area contributed by atoms with Crippen LogP contribution in [-0.4, -0.2) is 12.2 Å². The van der Waals surface area contributed by atoms with E-state index in [9.17, 15) is 5.11 Å². The molecule has 25 heavy (non-hydrogen) atoms. The minimum Gasteiger partial charge on any atom is -0.504 e. The van der Waals surface area contributed by atoms with Crippen molar-refractivity contribution in [3.05, 3.63) is 95.1 Å². The molecular weight excluding hydrogens is 308 g/mol. The Bertz CT molecular complexity index is 871. The molecule has 0 saturated heterocycles. The summed E-state index contributed by atoms with van der Waals surface area (Å²) in [4.78, 5) is 0. The maximum atomic E-state index is 10.4. The third-order valence-corrected chi connectivity index (χ3v) is 5.42. The average molecular weight is 330 g/mol. The molecule has 2 heteroatoms. The Hall–Kier alpha value is -2.74. The number of benzene rings is 3. The number of phenols is 1. The van der Waals surface area contributed by atoms with E-state index in [4.69, 9.17) is 4.74 Å². The smallest absolute Gasteiger partial charge is 0.160 e. The topological polar surface area (TPSA) is 29.5 Å². The molecule has 0 unspecified atom stereocenters. The van der Waals surface area contributed by atoms with E-state index in [1.54, 1.807) is 7.11 Å². The molecule has 1 N–H and O–H groups in total. The Kier molecular flexibility index (Phi) is 3.96. The van der Waals surface area contributed by atoms with Gasteiger partial charge >= 0.3 is 0 Å². The molecule has 1 aliphatic rings. The lowest BCUT2D eigenvalue weighted by Gasteiger charge is -2.22. The summed E-state index contributed by atoms with van der Waals surface area (Å²) >= 11 is 0. The van der Waals surface area contributed by atoms with E-state index in [1.165, 1.54) is 22.3 Å². The van der Waals surface area contributed by atoms with Gasteiger partial charge in [-0.25, -0.2) is 0 Å². The van der Waals surface area contributed by atoms with Crippen molar-refractivity contribution in [3.8, 4) is 11.5 Å². The van der Waals surface area contributed by atoms with Crippen molar-refractivity contribution in [1.29, 1.82) is 0 Å². The highest BCUT2D eigenvalue weighted by Gasteiger charge is 2.40. The van der Waals surface area contributed by atoms with E-state index in [0.29, 0.717) is 11.7 Å². The second-order valence-electron chi connectivity index (χ2n) is 6.79. The third-order valence-electron chi connectivity index (χ3n) is 5.42. The zero-order valence-corrected chi connectivity index (χ0v) is 14.5. The quantitative estimate of drug-likeness (QED) is 0.705. The van der Waals surface area contributed by atoms with Crippen LogP contribution in [0.5, 0.6) is 11.5 Å². The lowest BCUT2D eigenvalue weighted by molar-refractivity contribution is 0.372. The molecule has 3 atom stereocenters. The number of ether oxygens (including phenoxy) is 1. The fourth-order valence-electron chi connectivity index (χ4n) is 4.35. The maximum absolute atomic E-state index is 10.4. The van der Waals surface area contributed by atoms with Gasteiger partial charge in [0.2, 0.25) is 0 Å². The van der Waals surface area contributed by atoms with Gasteiger partial charge in [-0.2, -0.15) is 0 Å². The lowest BCUT2D eigenvalue weighted by Crippen LogP contribution is -2.10. The van der Waals surface area contributed by atoms with Crippen LogP contribution in [-0.2, 0) is 0 Å². The molecule has 3 aromatic rings. The van der Waals surface area contributed by atoms with Crippen molar-refractivity contribution in [1.82, 2.24) is 0 Å². The molecular formula is C23H22O2. The van der Waals surface area contributed by atoms with Gasteiger partial charge in [0.15, 0.2) is 11.5 Å². The van der Waals surface area contributed by atoms with Crippen molar-refractivity contribution in [2.45, 2.75) is 18.8 Å². The van der Waals surface area contributed by atoms with Gasteiger partial charge in [-0.1, -0.05) is 67.6 Å². The highest BCUT2D eigenvalue weighted by molar-refractivity contribution is 5.57. The molecule has 3 aromatic carbocycles. The molecule has 0 fully saturated rings. The second-order valence-corrected chi connectivity index (χ2v) is 6.79. The Morgan fingerprint density at radius 2 is 1.24 bits per heavy atom. The van der Waals surface area contributed by atoms with E-state index in [1.807, 2.05) is 18.2 Å². The first-order chi connectivity index (χ1) is 12.2. The summed E-state index contributed by atoms with van der Waals surface area (Å²) in [5.41, 5.74) is 5.05. The lowest BCUT2D eigenvalue weighted by atomic mass is 9.81. The molecule has 0 amide bonds. The van der Waals surface area contributed by atoms with Crippen LogP contribution in [0.15, 0.2) is 72.8 Å². The van der Waals surface area contributed by atoms with E-state index in [0.717, 1.165) is 0 Å². The Balaban J connectivity index is 1.92. The Morgan fingerprint density at radius 1 is 0.760 bits per heavy atom. The Morgan fingerprint density at radius 3 is 1.72 bits per heavy atom. The van der Waals surface area contributed by atoms with E-state index >= 15 is 0 Å². The number of phenolic OH excluding ortho intramolecular Hbond substituents is 1. The van der Waals surface area contributed by atoms with Gasteiger partial charge in [0.25, 0.3) is 0 Å². The van der Waals surface area contributed by atoms with E-state index < -0.39 is 0 Å². The van der Waals surface area contributed by atoms with Gasteiger partial charge in [0.1, 0.15) is 0 Å². The molecule has 126 valence electrons. The molecule has 2 nitrogen and oxygen atoms in total. The highest BCUT2D eigenvalue weighted by atomic mass is 16.5. The predicted molar refractivity (Wildman–Crippen MR) is 100 cm³/mol. The van der Waals surface area contributed by atoms with Crippen LogP contribution in [0.1, 0.15) is 41.0 Å². The van der Waals surface area contributed by atoms with Crippen LogP contribution in [0.4, 0.5) is 0 Å². The van der Waals surface area contributed by atoms with Gasteiger partial charge in [-0.3, -0.25) is 0 Å². The molecule has 0 saturated carbocycles. The summed E-state index contributed by atoms with van der Waals surface area (Å²) in [5.74, 6) is 1.70. The van der Waals surface area contributed by atoms with Crippen molar-refractivity contribution in [2.75, 3.05) is 7.11 Å².